The number of halogens is 3. The average Bonchev–Trinajstić information content (AvgIpc) is 3.47. The van der Waals surface area contributed by atoms with Crippen LogP contribution in [0.1, 0.15) is 35.1 Å². The second-order valence-electron chi connectivity index (χ2n) is 10.6. The number of anilines is 1. The molecule has 1 unspecified atom stereocenters. The highest BCUT2D eigenvalue weighted by atomic mass is 19.3. The predicted octanol–water partition coefficient (Wildman–Crippen LogP) is 4.52. The molecule has 0 aliphatic heterocycles. The molecule has 2 aromatic carbocycles. The van der Waals surface area contributed by atoms with Crippen molar-refractivity contribution in [3.63, 3.8) is 0 Å². The predicted molar refractivity (Wildman–Crippen MR) is 163 cm³/mol. The molecule has 3 heterocycles. The molecule has 0 bridgehead atoms. The Kier molecular flexibility index (Phi) is 9.74. The van der Waals surface area contributed by atoms with Crippen molar-refractivity contribution in [3.8, 4) is 5.75 Å². The number of hydrogen-bond donors (Lipinski definition) is 2. The smallest absolute Gasteiger partial charge is 0.394 e. The fraction of sp³-hybridized carbons (Fsp3) is 0.250. The number of alkyl halides is 3. The molecule has 11 nitrogen and oxygen atoms in total. The monoisotopic (exact) mass is 633 g/mol. The van der Waals surface area contributed by atoms with Crippen LogP contribution < -0.4 is 20.9 Å². The zero-order chi connectivity index (χ0) is 32.7. The van der Waals surface area contributed by atoms with Crippen molar-refractivity contribution in [2.24, 2.45) is 0 Å². The van der Waals surface area contributed by atoms with Gasteiger partial charge in [-0.2, -0.15) is 8.78 Å². The minimum atomic E-state index is -3.34. The average molecular weight is 634 g/mol. The van der Waals surface area contributed by atoms with Gasteiger partial charge in [0.05, 0.1) is 30.4 Å². The van der Waals surface area contributed by atoms with Crippen molar-refractivity contribution in [1.82, 2.24) is 29.9 Å². The van der Waals surface area contributed by atoms with E-state index in [1.165, 1.54) is 45.9 Å². The quantitative estimate of drug-likeness (QED) is 0.195. The van der Waals surface area contributed by atoms with Gasteiger partial charge in [-0.3, -0.25) is 19.4 Å². The summed E-state index contributed by atoms with van der Waals surface area (Å²) >= 11 is 0. The molecule has 2 N–H and O–H groups in total. The van der Waals surface area contributed by atoms with Gasteiger partial charge in [0, 0.05) is 43.4 Å². The molecule has 238 valence electrons. The van der Waals surface area contributed by atoms with E-state index in [0.29, 0.717) is 23.9 Å². The number of nitrogens with zero attached hydrogens (tertiary/aromatic N) is 5. The van der Waals surface area contributed by atoms with Crippen LogP contribution in [0, 0.1) is 0 Å². The first-order valence-corrected chi connectivity index (χ1v) is 14.3. The fourth-order valence-electron chi connectivity index (χ4n) is 4.61. The second-order valence-corrected chi connectivity index (χ2v) is 10.6. The topological polar surface area (TPSA) is 133 Å². The van der Waals surface area contributed by atoms with Crippen LogP contribution in [0.25, 0.3) is 10.9 Å². The van der Waals surface area contributed by atoms with Crippen molar-refractivity contribution in [2.45, 2.75) is 51.7 Å². The molecule has 1 atom stereocenters. The number of amides is 2. The molecule has 2 amide bonds. The Morgan fingerprint density at radius 2 is 1.87 bits per heavy atom. The normalized spacial score (nSPS) is 12.1. The third-order valence-corrected chi connectivity index (χ3v) is 6.77. The Hall–Kier alpha value is -5.53. The van der Waals surface area contributed by atoms with E-state index in [-0.39, 0.29) is 49.8 Å². The molecular weight excluding hydrogens is 603 g/mol. The Bertz CT molecular complexity index is 1900. The number of rotatable bonds is 13. The minimum Gasteiger partial charge on any atom is -0.433 e. The molecule has 0 saturated carbocycles. The zero-order valence-corrected chi connectivity index (χ0v) is 24.7. The highest BCUT2D eigenvalue weighted by molar-refractivity contribution is 5.92. The Morgan fingerprint density at radius 3 is 2.67 bits per heavy atom. The van der Waals surface area contributed by atoms with Crippen LogP contribution in [0.5, 0.6) is 5.75 Å². The van der Waals surface area contributed by atoms with Crippen molar-refractivity contribution in [2.75, 3.05) is 5.32 Å². The highest BCUT2D eigenvalue weighted by Crippen LogP contribution is 2.22. The van der Waals surface area contributed by atoms with Crippen LogP contribution in [-0.2, 0) is 30.8 Å². The molecule has 0 aliphatic rings. The number of carbonyl (C=O) groups is 2. The lowest BCUT2D eigenvalue weighted by Gasteiger charge is -2.13. The van der Waals surface area contributed by atoms with E-state index in [9.17, 15) is 27.6 Å². The van der Waals surface area contributed by atoms with Gasteiger partial charge in [-0.05, 0) is 42.3 Å². The van der Waals surface area contributed by atoms with Gasteiger partial charge in [-0.1, -0.05) is 41.6 Å². The molecule has 5 rings (SSSR count). The zero-order valence-electron chi connectivity index (χ0n) is 24.7. The molecule has 3 aromatic heterocycles. The van der Waals surface area contributed by atoms with Gasteiger partial charge in [-0.25, -0.2) is 9.07 Å². The molecule has 0 fully saturated rings. The van der Waals surface area contributed by atoms with Gasteiger partial charge >= 0.3 is 6.11 Å². The van der Waals surface area contributed by atoms with Crippen LogP contribution in [0.3, 0.4) is 0 Å². The summed E-state index contributed by atoms with van der Waals surface area (Å²) in [5.74, 6) is -0.955. The van der Waals surface area contributed by atoms with Gasteiger partial charge in [0.25, 0.3) is 11.5 Å². The van der Waals surface area contributed by atoms with Crippen LogP contribution >= 0.6 is 0 Å². The Balaban J connectivity index is 1.07. The molecule has 0 spiro atoms. The molecule has 5 aromatic rings. The minimum absolute atomic E-state index is 0.0167. The summed E-state index contributed by atoms with van der Waals surface area (Å²) in [4.78, 5) is 42.1. The second kappa shape index (κ2) is 14.1. The third kappa shape index (κ3) is 9.00. The Labute approximate surface area is 261 Å². The standard InChI is InChI=1S/C32H30F3N7O4/c1-32(34,35)46-26-7-4-5-21(15-26)18-36-31(45)28-20-42(40-39-28)19-23(33)11-13-41-14-12-25(17-30(41)44)38-29(43)16-24-10-9-22-6-2-3-8-27(22)37-24/h2-10,12,14-15,17,20,23H,11,13,16,18-19H2,1H3,(H,36,45)(H,38,43). The van der Waals surface area contributed by atoms with E-state index >= 15 is 0 Å². The lowest BCUT2D eigenvalue weighted by atomic mass is 10.2. The number of hydrogen-bond acceptors (Lipinski definition) is 7. The van der Waals surface area contributed by atoms with Gasteiger partial charge in [0.1, 0.15) is 11.9 Å². The van der Waals surface area contributed by atoms with E-state index in [2.05, 4.69) is 30.7 Å². The lowest BCUT2D eigenvalue weighted by molar-refractivity contribution is -0.159. The van der Waals surface area contributed by atoms with Gasteiger partial charge in [-0.15, -0.1) is 5.10 Å². The molecule has 46 heavy (non-hydrogen) atoms. The Morgan fingerprint density at radius 1 is 1.04 bits per heavy atom. The third-order valence-electron chi connectivity index (χ3n) is 6.77. The van der Waals surface area contributed by atoms with E-state index in [4.69, 9.17) is 0 Å². The maximum absolute atomic E-state index is 14.8. The number of para-hydroxylation sites is 1. The summed E-state index contributed by atoms with van der Waals surface area (Å²) in [7, 11) is 0. The number of benzene rings is 2. The number of ether oxygens (including phenoxy) is 1. The number of nitrogens with one attached hydrogen (secondary N) is 2. The maximum Gasteiger partial charge on any atom is 0.394 e. The van der Waals surface area contributed by atoms with E-state index < -0.39 is 23.7 Å². The SMILES string of the molecule is CC(F)(F)Oc1cccc(CNC(=O)c2cn(CC(F)CCn3ccc(NC(=O)Cc4ccc5ccccc5n4)cc3=O)nn2)c1. The van der Waals surface area contributed by atoms with Crippen LogP contribution in [0.2, 0.25) is 0 Å². The van der Waals surface area contributed by atoms with Crippen LogP contribution in [0.4, 0.5) is 18.9 Å². The molecule has 0 radical (unpaired) electrons. The first-order chi connectivity index (χ1) is 22.0. The first kappa shape index (κ1) is 31.9. The summed E-state index contributed by atoms with van der Waals surface area (Å²) < 4.78 is 48.0. The lowest BCUT2D eigenvalue weighted by Crippen LogP contribution is -2.24. The van der Waals surface area contributed by atoms with Crippen LogP contribution in [-0.4, -0.2) is 48.6 Å². The first-order valence-electron chi connectivity index (χ1n) is 14.3. The molecule has 14 heteroatoms. The molecule has 0 aliphatic carbocycles. The number of aromatic nitrogens is 5. The van der Waals surface area contributed by atoms with Crippen molar-refractivity contribution in [3.05, 3.63) is 112 Å². The van der Waals surface area contributed by atoms with Gasteiger partial charge < -0.3 is 19.9 Å². The summed E-state index contributed by atoms with van der Waals surface area (Å²) in [5.41, 5.74) is 1.77. The van der Waals surface area contributed by atoms with Crippen molar-refractivity contribution in [1.29, 1.82) is 0 Å². The van der Waals surface area contributed by atoms with Gasteiger partial charge in [0.15, 0.2) is 5.69 Å². The largest absolute Gasteiger partial charge is 0.433 e. The maximum atomic E-state index is 14.8. The molecule has 0 saturated heterocycles. The van der Waals surface area contributed by atoms with E-state index in [1.54, 1.807) is 18.2 Å². The summed E-state index contributed by atoms with van der Waals surface area (Å²) in [5, 5.41) is 13.8. The number of pyridine rings is 2. The molecular formula is C32H30F3N7O4. The van der Waals surface area contributed by atoms with Crippen LogP contribution in [0.15, 0.2) is 90.0 Å². The fourth-order valence-corrected chi connectivity index (χ4v) is 4.61. The van der Waals surface area contributed by atoms with Crippen molar-refractivity contribution < 1.29 is 27.5 Å². The number of aryl methyl sites for hydroxylation is 1. The van der Waals surface area contributed by atoms with E-state index in [0.717, 1.165) is 10.9 Å². The van der Waals surface area contributed by atoms with E-state index in [1.807, 2.05) is 30.3 Å². The van der Waals surface area contributed by atoms with Crippen molar-refractivity contribution >= 4 is 28.4 Å². The number of carbonyl (C=O) groups excluding carboxylic acids is 2. The summed E-state index contributed by atoms with van der Waals surface area (Å²) in [6, 6.07) is 20.0. The number of fused-ring (bicyclic) bond motifs is 1. The summed E-state index contributed by atoms with van der Waals surface area (Å²) in [6.45, 7) is 0.517. The summed E-state index contributed by atoms with van der Waals surface area (Å²) in [6.07, 6.45) is -1.96. The highest BCUT2D eigenvalue weighted by Gasteiger charge is 2.23. The van der Waals surface area contributed by atoms with Gasteiger partial charge in [0.2, 0.25) is 5.91 Å².